The Morgan fingerprint density at radius 1 is 1.32 bits per heavy atom. The molecule has 0 radical (unpaired) electrons. The minimum atomic E-state index is -0.105. The molecule has 0 bridgehead atoms. The van der Waals surface area contributed by atoms with Gasteiger partial charge in [0.25, 0.3) is 5.91 Å². The number of carbonyl (C=O) groups excluding carboxylic acids is 1. The van der Waals surface area contributed by atoms with Gasteiger partial charge in [-0.2, -0.15) is 5.10 Å². The van der Waals surface area contributed by atoms with Crippen molar-refractivity contribution < 1.29 is 4.79 Å². The van der Waals surface area contributed by atoms with Gasteiger partial charge in [0.2, 0.25) is 0 Å². The smallest absolute Gasteiger partial charge is 0.271 e. The summed E-state index contributed by atoms with van der Waals surface area (Å²) in [7, 11) is 1.75. The molecule has 0 aromatic carbocycles. The summed E-state index contributed by atoms with van der Waals surface area (Å²) in [5.41, 5.74) is 7.58. The van der Waals surface area contributed by atoms with Crippen LogP contribution in [0.4, 0.5) is 5.69 Å². The van der Waals surface area contributed by atoms with Crippen LogP contribution < -0.4 is 11.1 Å². The highest BCUT2D eigenvalue weighted by atomic mass is 16.2. The topological polar surface area (TPSA) is 72.9 Å². The second kappa shape index (κ2) is 5.23. The minimum absolute atomic E-state index is 0.105. The van der Waals surface area contributed by atoms with E-state index in [0.29, 0.717) is 28.9 Å². The fraction of sp³-hybridized carbons (Fsp3) is 0.714. The van der Waals surface area contributed by atoms with Crippen LogP contribution in [0.5, 0.6) is 0 Å². The molecule has 3 N–H and O–H groups in total. The van der Waals surface area contributed by atoms with Gasteiger partial charge in [-0.1, -0.05) is 13.8 Å². The quantitative estimate of drug-likeness (QED) is 0.856. The number of nitrogens with two attached hydrogens (primary N) is 1. The predicted molar refractivity (Wildman–Crippen MR) is 75.8 cm³/mol. The first-order chi connectivity index (χ1) is 8.88. The van der Waals surface area contributed by atoms with Crippen molar-refractivity contribution >= 4 is 11.6 Å². The fourth-order valence-electron chi connectivity index (χ4n) is 3.26. The van der Waals surface area contributed by atoms with Crippen molar-refractivity contribution in [2.75, 3.05) is 5.73 Å². The van der Waals surface area contributed by atoms with E-state index < -0.39 is 0 Å². The van der Waals surface area contributed by atoms with E-state index in [0.717, 1.165) is 12.8 Å². The number of aryl methyl sites for hydroxylation is 2. The van der Waals surface area contributed by atoms with E-state index in [1.807, 2.05) is 6.92 Å². The van der Waals surface area contributed by atoms with Crippen molar-refractivity contribution in [3.05, 3.63) is 11.4 Å². The van der Waals surface area contributed by atoms with Crippen LogP contribution in [-0.4, -0.2) is 21.7 Å². The molecule has 0 spiro atoms. The van der Waals surface area contributed by atoms with Crippen LogP contribution in [0, 0.1) is 18.8 Å². The number of carbonyl (C=O) groups is 1. The van der Waals surface area contributed by atoms with Crippen LogP contribution in [0.15, 0.2) is 0 Å². The Labute approximate surface area is 114 Å². The van der Waals surface area contributed by atoms with Gasteiger partial charge in [0.1, 0.15) is 5.69 Å². The van der Waals surface area contributed by atoms with Crippen molar-refractivity contribution in [1.82, 2.24) is 15.1 Å². The molecule has 106 valence electrons. The Morgan fingerprint density at radius 2 is 1.89 bits per heavy atom. The van der Waals surface area contributed by atoms with Crippen molar-refractivity contribution in [3.8, 4) is 0 Å². The SMILES string of the molecule is Cc1nn(C)c(C(=O)NC2CC(C)CC(C)C2)c1N. The number of nitrogens with one attached hydrogen (secondary N) is 1. The number of nitrogen functional groups attached to an aromatic ring is 1. The molecule has 1 saturated carbocycles. The third kappa shape index (κ3) is 2.91. The molecule has 1 aliphatic rings. The molecule has 2 unspecified atom stereocenters. The van der Waals surface area contributed by atoms with Crippen LogP contribution in [0.3, 0.4) is 0 Å². The Morgan fingerprint density at radius 3 is 2.37 bits per heavy atom. The van der Waals surface area contributed by atoms with Crippen LogP contribution >= 0.6 is 0 Å². The van der Waals surface area contributed by atoms with E-state index in [2.05, 4.69) is 24.3 Å². The second-order valence-electron chi connectivity index (χ2n) is 6.06. The molecule has 1 aromatic heterocycles. The summed E-state index contributed by atoms with van der Waals surface area (Å²) in [6.07, 6.45) is 3.35. The Kier molecular flexibility index (Phi) is 3.83. The van der Waals surface area contributed by atoms with E-state index in [9.17, 15) is 4.79 Å². The third-order valence-electron chi connectivity index (χ3n) is 4.00. The van der Waals surface area contributed by atoms with Crippen molar-refractivity contribution in [2.45, 2.75) is 46.1 Å². The number of anilines is 1. The zero-order valence-corrected chi connectivity index (χ0v) is 12.2. The molecular weight excluding hydrogens is 240 g/mol. The number of aromatic nitrogens is 2. The maximum atomic E-state index is 12.3. The molecule has 1 aliphatic carbocycles. The Bertz CT molecular complexity index is 470. The lowest BCUT2D eigenvalue weighted by atomic mass is 9.80. The third-order valence-corrected chi connectivity index (χ3v) is 4.00. The predicted octanol–water partition coefficient (Wildman–Crippen LogP) is 1.87. The summed E-state index contributed by atoms with van der Waals surface area (Å²) in [6, 6.07) is 0.251. The lowest BCUT2D eigenvalue weighted by Crippen LogP contribution is -2.40. The van der Waals surface area contributed by atoms with Gasteiger partial charge in [-0.05, 0) is 38.0 Å². The molecule has 0 aliphatic heterocycles. The standard InChI is InChI=1S/C14H24N4O/c1-8-5-9(2)7-11(6-8)16-14(19)13-12(15)10(3)17-18(13)4/h8-9,11H,5-7,15H2,1-4H3,(H,16,19). The summed E-state index contributed by atoms with van der Waals surface area (Å²) in [5.74, 6) is 1.23. The Hall–Kier alpha value is -1.52. The first kappa shape index (κ1) is 13.9. The van der Waals surface area contributed by atoms with Gasteiger partial charge >= 0.3 is 0 Å². The molecule has 19 heavy (non-hydrogen) atoms. The number of amides is 1. The number of hydrogen-bond acceptors (Lipinski definition) is 3. The molecule has 5 nitrogen and oxygen atoms in total. The van der Waals surface area contributed by atoms with E-state index in [4.69, 9.17) is 5.73 Å². The zero-order valence-electron chi connectivity index (χ0n) is 12.2. The monoisotopic (exact) mass is 264 g/mol. The molecule has 1 heterocycles. The molecule has 2 atom stereocenters. The highest BCUT2D eigenvalue weighted by Gasteiger charge is 2.27. The average molecular weight is 264 g/mol. The van der Waals surface area contributed by atoms with Gasteiger partial charge in [0.15, 0.2) is 0 Å². The van der Waals surface area contributed by atoms with Crippen LogP contribution in [0.25, 0.3) is 0 Å². The molecule has 1 aromatic rings. The summed E-state index contributed by atoms with van der Waals surface area (Å²) in [4.78, 5) is 12.3. The number of rotatable bonds is 2. The summed E-state index contributed by atoms with van der Waals surface area (Å²) in [6.45, 7) is 6.31. The molecule has 1 amide bonds. The van der Waals surface area contributed by atoms with Gasteiger partial charge in [0, 0.05) is 13.1 Å². The maximum Gasteiger partial charge on any atom is 0.271 e. The largest absolute Gasteiger partial charge is 0.395 e. The molecule has 5 heteroatoms. The number of nitrogens with zero attached hydrogens (tertiary/aromatic N) is 2. The first-order valence-corrected chi connectivity index (χ1v) is 6.98. The molecular formula is C14H24N4O. The first-order valence-electron chi connectivity index (χ1n) is 6.98. The summed E-state index contributed by atoms with van der Waals surface area (Å²) < 4.78 is 1.57. The van der Waals surface area contributed by atoms with E-state index >= 15 is 0 Å². The fourth-order valence-corrected chi connectivity index (χ4v) is 3.26. The number of hydrogen-bond donors (Lipinski definition) is 2. The van der Waals surface area contributed by atoms with Crippen molar-refractivity contribution in [3.63, 3.8) is 0 Å². The van der Waals surface area contributed by atoms with Gasteiger partial charge in [0.05, 0.1) is 11.4 Å². The lowest BCUT2D eigenvalue weighted by Gasteiger charge is -2.31. The molecule has 1 fully saturated rings. The van der Waals surface area contributed by atoms with Gasteiger partial charge in [-0.15, -0.1) is 0 Å². The normalized spacial score (nSPS) is 27.3. The molecule has 0 saturated heterocycles. The van der Waals surface area contributed by atoms with Crippen LogP contribution in [-0.2, 0) is 7.05 Å². The van der Waals surface area contributed by atoms with Crippen LogP contribution in [0.2, 0.25) is 0 Å². The highest BCUT2D eigenvalue weighted by Crippen LogP contribution is 2.28. The van der Waals surface area contributed by atoms with E-state index in [-0.39, 0.29) is 11.9 Å². The van der Waals surface area contributed by atoms with E-state index in [1.54, 1.807) is 11.7 Å². The molecule has 2 rings (SSSR count). The van der Waals surface area contributed by atoms with Gasteiger partial charge in [-0.3, -0.25) is 9.48 Å². The van der Waals surface area contributed by atoms with Gasteiger partial charge in [-0.25, -0.2) is 0 Å². The van der Waals surface area contributed by atoms with Crippen molar-refractivity contribution in [1.29, 1.82) is 0 Å². The minimum Gasteiger partial charge on any atom is -0.395 e. The summed E-state index contributed by atoms with van der Waals surface area (Å²) >= 11 is 0. The van der Waals surface area contributed by atoms with E-state index in [1.165, 1.54) is 6.42 Å². The van der Waals surface area contributed by atoms with Crippen molar-refractivity contribution in [2.24, 2.45) is 18.9 Å². The highest BCUT2D eigenvalue weighted by molar-refractivity contribution is 5.98. The lowest BCUT2D eigenvalue weighted by molar-refractivity contribution is 0.0902. The zero-order chi connectivity index (χ0) is 14.2. The van der Waals surface area contributed by atoms with Crippen LogP contribution in [0.1, 0.15) is 49.3 Å². The maximum absolute atomic E-state index is 12.3. The van der Waals surface area contributed by atoms with Gasteiger partial charge < -0.3 is 11.1 Å². The average Bonchev–Trinajstić information content (AvgIpc) is 2.51. The summed E-state index contributed by atoms with van der Waals surface area (Å²) in [5, 5.41) is 7.30. The Balaban J connectivity index is 2.08. The second-order valence-corrected chi connectivity index (χ2v) is 6.06.